The van der Waals surface area contributed by atoms with E-state index in [9.17, 15) is 0 Å². The molecule has 0 bridgehead atoms. The molecule has 3 heteroatoms. The molecule has 282 valence electrons. The number of fused-ring (bicyclic) bond motifs is 13. The monoisotopic (exact) mass is 773 g/mol. The van der Waals surface area contributed by atoms with Crippen LogP contribution in [0, 0.1) is 0 Å². The molecular formula is C58H35N3. The van der Waals surface area contributed by atoms with Crippen molar-refractivity contribution in [3.63, 3.8) is 0 Å². The maximum Gasteiger partial charge on any atom is 0.0622 e. The van der Waals surface area contributed by atoms with Crippen molar-refractivity contribution in [3.05, 3.63) is 212 Å². The molecule has 61 heavy (non-hydrogen) atoms. The van der Waals surface area contributed by atoms with Crippen LogP contribution in [0.15, 0.2) is 212 Å². The first-order chi connectivity index (χ1) is 30.3. The van der Waals surface area contributed by atoms with Gasteiger partial charge in [-0.15, -0.1) is 0 Å². The molecule has 10 aromatic carbocycles. The van der Waals surface area contributed by atoms with Crippen molar-refractivity contribution < 1.29 is 0 Å². The fourth-order valence-corrected chi connectivity index (χ4v) is 10.7. The van der Waals surface area contributed by atoms with Crippen molar-refractivity contribution in [1.29, 1.82) is 0 Å². The van der Waals surface area contributed by atoms with Gasteiger partial charge in [-0.05, 0) is 106 Å². The number of benzene rings is 10. The molecule has 0 spiro atoms. The number of para-hydroxylation sites is 4. The molecule has 0 saturated carbocycles. The molecule has 0 N–H and O–H groups in total. The highest BCUT2D eigenvalue weighted by Gasteiger charge is 2.21. The van der Waals surface area contributed by atoms with Crippen LogP contribution in [0.2, 0.25) is 0 Å². The molecule has 0 unspecified atom stereocenters. The minimum Gasteiger partial charge on any atom is -0.309 e. The van der Waals surface area contributed by atoms with E-state index in [-0.39, 0.29) is 0 Å². The van der Waals surface area contributed by atoms with Gasteiger partial charge in [0.2, 0.25) is 0 Å². The summed E-state index contributed by atoms with van der Waals surface area (Å²) in [5, 5.41) is 12.7. The topological polar surface area (TPSA) is 14.3 Å². The first-order valence-corrected chi connectivity index (χ1v) is 21.1. The molecule has 4 aromatic heterocycles. The number of rotatable bonds is 4. The van der Waals surface area contributed by atoms with Crippen LogP contribution in [-0.2, 0) is 0 Å². The van der Waals surface area contributed by atoms with E-state index < -0.39 is 0 Å². The quantitative estimate of drug-likeness (QED) is 0.169. The van der Waals surface area contributed by atoms with Crippen molar-refractivity contribution in [2.24, 2.45) is 0 Å². The molecule has 0 aliphatic heterocycles. The molecular weight excluding hydrogens is 739 g/mol. The molecule has 14 rings (SSSR count). The van der Waals surface area contributed by atoms with E-state index in [2.05, 4.69) is 226 Å². The summed E-state index contributed by atoms with van der Waals surface area (Å²) in [5.41, 5.74) is 15.8. The summed E-state index contributed by atoms with van der Waals surface area (Å²) < 4.78 is 7.34. The van der Waals surface area contributed by atoms with E-state index in [1.807, 2.05) is 0 Å². The second-order valence-corrected chi connectivity index (χ2v) is 16.5. The molecule has 4 heterocycles. The Morgan fingerprint density at radius 1 is 0.246 bits per heavy atom. The zero-order valence-electron chi connectivity index (χ0n) is 33.0. The van der Waals surface area contributed by atoms with Crippen LogP contribution in [0.3, 0.4) is 0 Å². The van der Waals surface area contributed by atoms with Crippen molar-refractivity contribution >= 4 is 92.5 Å². The van der Waals surface area contributed by atoms with Crippen LogP contribution in [0.5, 0.6) is 0 Å². The van der Waals surface area contributed by atoms with Crippen LogP contribution in [0.25, 0.3) is 126 Å². The number of hydrogen-bond donors (Lipinski definition) is 0. The third-order valence-electron chi connectivity index (χ3n) is 13.4. The zero-order chi connectivity index (χ0) is 39.8. The van der Waals surface area contributed by atoms with Gasteiger partial charge < -0.3 is 13.5 Å². The summed E-state index contributed by atoms with van der Waals surface area (Å²) in [6.07, 6.45) is 0. The van der Waals surface area contributed by atoms with Gasteiger partial charge in [-0.2, -0.15) is 0 Å². The highest BCUT2D eigenvalue weighted by Crippen LogP contribution is 2.43. The lowest BCUT2D eigenvalue weighted by atomic mass is 9.98. The van der Waals surface area contributed by atoms with Gasteiger partial charge >= 0.3 is 0 Å². The number of hydrogen-bond acceptors (Lipinski definition) is 0. The van der Waals surface area contributed by atoms with Gasteiger partial charge in [-0.1, -0.05) is 140 Å². The molecule has 0 atom stereocenters. The normalized spacial score (nSPS) is 12.3. The van der Waals surface area contributed by atoms with E-state index in [1.165, 1.54) is 120 Å². The highest BCUT2D eigenvalue weighted by atomic mass is 15.0. The minimum atomic E-state index is 1.15. The van der Waals surface area contributed by atoms with Crippen molar-refractivity contribution in [3.8, 4) is 33.6 Å². The summed E-state index contributed by atoms with van der Waals surface area (Å²) in [4.78, 5) is 0. The minimum absolute atomic E-state index is 1.15. The van der Waals surface area contributed by atoms with Gasteiger partial charge in [0, 0.05) is 54.5 Å². The molecule has 14 aromatic rings. The second-order valence-electron chi connectivity index (χ2n) is 16.5. The van der Waals surface area contributed by atoms with Crippen molar-refractivity contribution in [2.45, 2.75) is 0 Å². The predicted octanol–water partition coefficient (Wildman–Crippen LogP) is 15.5. The van der Waals surface area contributed by atoms with Crippen LogP contribution >= 0.6 is 0 Å². The molecule has 0 saturated heterocycles. The smallest absolute Gasteiger partial charge is 0.0622 e. The van der Waals surface area contributed by atoms with E-state index in [1.54, 1.807) is 0 Å². The second kappa shape index (κ2) is 12.2. The first-order valence-electron chi connectivity index (χ1n) is 21.1. The van der Waals surface area contributed by atoms with Gasteiger partial charge in [0.15, 0.2) is 0 Å². The van der Waals surface area contributed by atoms with Gasteiger partial charge in [0.1, 0.15) is 0 Å². The average Bonchev–Trinajstić information content (AvgIpc) is 4.05. The average molecular weight is 774 g/mol. The predicted molar refractivity (Wildman–Crippen MR) is 258 cm³/mol. The van der Waals surface area contributed by atoms with E-state index in [0.29, 0.717) is 0 Å². The van der Waals surface area contributed by atoms with Crippen LogP contribution in [0.4, 0.5) is 0 Å². The first kappa shape index (κ1) is 32.8. The van der Waals surface area contributed by atoms with Gasteiger partial charge in [0.05, 0.1) is 38.6 Å². The Balaban J connectivity index is 0.922. The molecule has 0 fully saturated rings. The summed E-state index contributed by atoms with van der Waals surface area (Å²) >= 11 is 0. The van der Waals surface area contributed by atoms with Crippen LogP contribution < -0.4 is 0 Å². The van der Waals surface area contributed by atoms with Crippen molar-refractivity contribution in [1.82, 2.24) is 13.5 Å². The lowest BCUT2D eigenvalue weighted by molar-refractivity contribution is 1.18. The number of nitrogens with zero attached hydrogens (tertiary/aromatic N) is 3. The van der Waals surface area contributed by atoms with E-state index in [0.717, 1.165) is 5.69 Å². The van der Waals surface area contributed by atoms with E-state index >= 15 is 0 Å². The molecule has 0 amide bonds. The third kappa shape index (κ3) is 4.52. The third-order valence-corrected chi connectivity index (χ3v) is 13.4. The maximum atomic E-state index is 2.47. The van der Waals surface area contributed by atoms with E-state index in [4.69, 9.17) is 0 Å². The highest BCUT2D eigenvalue weighted by molar-refractivity contribution is 6.24. The molecule has 0 radical (unpaired) electrons. The summed E-state index contributed by atoms with van der Waals surface area (Å²) in [7, 11) is 0. The van der Waals surface area contributed by atoms with Gasteiger partial charge in [0.25, 0.3) is 0 Å². The fraction of sp³-hybridized carbons (Fsp3) is 0. The van der Waals surface area contributed by atoms with Gasteiger partial charge in [-0.25, -0.2) is 0 Å². The maximum absolute atomic E-state index is 2.47. The Morgan fingerprint density at radius 3 is 1.25 bits per heavy atom. The largest absolute Gasteiger partial charge is 0.309 e. The van der Waals surface area contributed by atoms with Crippen LogP contribution in [-0.4, -0.2) is 13.5 Å². The SMILES string of the molecule is c1ccc2c(-c3ccc(-n4c5ccccc5c5cc(-c6ccc7c(c6)c6ccccc6n7-c6cc7c8ccccc8n8c9ccccc9c(c6)c78)ccc54)cc3)cccc2c1. The Kier molecular flexibility index (Phi) is 6.56. The number of aromatic nitrogens is 3. The Hall–Kier alpha value is -8.14. The Bertz CT molecular complexity index is 4010. The Morgan fingerprint density at radius 2 is 0.672 bits per heavy atom. The molecule has 0 aliphatic rings. The summed E-state index contributed by atoms with van der Waals surface area (Å²) in [5.74, 6) is 0. The van der Waals surface area contributed by atoms with Gasteiger partial charge in [-0.3, -0.25) is 0 Å². The zero-order valence-corrected chi connectivity index (χ0v) is 33.0. The molecule has 3 nitrogen and oxygen atoms in total. The lowest BCUT2D eigenvalue weighted by Crippen LogP contribution is -1.94. The fourth-order valence-electron chi connectivity index (χ4n) is 10.7. The molecule has 0 aliphatic carbocycles. The Labute approximate surface area is 350 Å². The van der Waals surface area contributed by atoms with Crippen LogP contribution in [0.1, 0.15) is 0 Å². The summed E-state index contributed by atoms with van der Waals surface area (Å²) in [6.45, 7) is 0. The van der Waals surface area contributed by atoms with Crippen molar-refractivity contribution in [2.75, 3.05) is 0 Å². The standard InChI is InChI=1S/C58H35N3/c1-2-14-42-36(12-1)13-11-19-43(42)37-24-28-40(29-25-37)59-52-20-7-3-15-44(52)48-32-38(26-30-56(48)59)39-27-31-57-49(33-39)45-16-4-8-21-53(45)60(57)41-34-50-46-17-5-9-22-54(46)61-55-23-10-6-18-47(55)51(35-41)58(50)61/h1-35H. The lowest BCUT2D eigenvalue weighted by Gasteiger charge is -2.11. The summed E-state index contributed by atoms with van der Waals surface area (Å²) in [6, 6.07) is 78.5.